The third-order valence-corrected chi connectivity index (χ3v) is 2.46. The van der Waals surface area contributed by atoms with Crippen molar-refractivity contribution < 1.29 is 23.4 Å². The zero-order valence-electron chi connectivity index (χ0n) is 9.96. The second kappa shape index (κ2) is 5.69. The number of aliphatic hydroxyl groups excluding tert-OH is 1. The molecular weight excluding hydrogens is 247 g/mol. The van der Waals surface area contributed by atoms with Gasteiger partial charge in [-0.2, -0.15) is 13.2 Å². The number of rotatable bonds is 5. The summed E-state index contributed by atoms with van der Waals surface area (Å²) >= 11 is 0. The van der Waals surface area contributed by atoms with E-state index in [0.717, 1.165) is 12.1 Å². The smallest absolute Gasteiger partial charge is 0.393 e. The van der Waals surface area contributed by atoms with Crippen LogP contribution < -0.4 is 5.32 Å². The first-order valence-electron chi connectivity index (χ1n) is 5.45. The van der Waals surface area contributed by atoms with E-state index >= 15 is 0 Å². The standard InChI is InChI=1S/C12H16F3NO2/c1-11(18,8-17)7-16-6-9-2-4-10(5-3-9)12(13,14)15/h2-5,16-18H,6-8H2,1H3. The van der Waals surface area contributed by atoms with Crippen LogP contribution in [0.1, 0.15) is 18.1 Å². The van der Waals surface area contributed by atoms with E-state index in [9.17, 15) is 18.3 Å². The highest BCUT2D eigenvalue weighted by Gasteiger charge is 2.29. The average molecular weight is 263 g/mol. The maximum Gasteiger partial charge on any atom is 0.416 e. The van der Waals surface area contributed by atoms with Gasteiger partial charge < -0.3 is 15.5 Å². The van der Waals surface area contributed by atoms with Crippen molar-refractivity contribution in [2.24, 2.45) is 0 Å². The molecule has 102 valence electrons. The monoisotopic (exact) mass is 263 g/mol. The second-order valence-electron chi connectivity index (χ2n) is 4.45. The molecule has 0 amide bonds. The maximum absolute atomic E-state index is 12.3. The van der Waals surface area contributed by atoms with Crippen molar-refractivity contribution in [3.8, 4) is 0 Å². The van der Waals surface area contributed by atoms with Gasteiger partial charge in [-0.25, -0.2) is 0 Å². The Morgan fingerprint density at radius 3 is 2.17 bits per heavy atom. The van der Waals surface area contributed by atoms with Crippen LogP contribution in [0.15, 0.2) is 24.3 Å². The van der Waals surface area contributed by atoms with Crippen molar-refractivity contribution in [3.63, 3.8) is 0 Å². The SMILES string of the molecule is CC(O)(CO)CNCc1ccc(C(F)(F)F)cc1. The molecule has 1 atom stereocenters. The highest BCUT2D eigenvalue weighted by atomic mass is 19.4. The maximum atomic E-state index is 12.3. The Bertz CT molecular complexity index is 374. The van der Waals surface area contributed by atoms with Crippen molar-refractivity contribution in [3.05, 3.63) is 35.4 Å². The minimum atomic E-state index is -4.33. The third-order valence-electron chi connectivity index (χ3n) is 2.46. The van der Waals surface area contributed by atoms with E-state index < -0.39 is 17.3 Å². The Labute approximate surface area is 103 Å². The summed E-state index contributed by atoms with van der Waals surface area (Å²) in [5, 5.41) is 21.2. The van der Waals surface area contributed by atoms with Crippen LogP contribution in [0.25, 0.3) is 0 Å². The molecule has 0 aliphatic rings. The number of alkyl halides is 3. The molecule has 3 N–H and O–H groups in total. The van der Waals surface area contributed by atoms with Crippen LogP contribution in [0.4, 0.5) is 13.2 Å². The van der Waals surface area contributed by atoms with Crippen LogP contribution in [0, 0.1) is 0 Å². The molecule has 3 nitrogen and oxygen atoms in total. The molecular formula is C12H16F3NO2. The fourth-order valence-corrected chi connectivity index (χ4v) is 1.34. The lowest BCUT2D eigenvalue weighted by molar-refractivity contribution is -0.137. The van der Waals surface area contributed by atoms with Crippen LogP contribution in [0.3, 0.4) is 0 Å². The van der Waals surface area contributed by atoms with Gasteiger partial charge in [-0.15, -0.1) is 0 Å². The molecule has 1 rings (SSSR count). The summed E-state index contributed by atoms with van der Waals surface area (Å²) < 4.78 is 36.9. The van der Waals surface area contributed by atoms with Crippen molar-refractivity contribution in [2.75, 3.05) is 13.2 Å². The second-order valence-corrected chi connectivity index (χ2v) is 4.45. The van der Waals surface area contributed by atoms with Crippen LogP contribution in [0.2, 0.25) is 0 Å². The van der Waals surface area contributed by atoms with Gasteiger partial charge in [0, 0.05) is 13.1 Å². The van der Waals surface area contributed by atoms with Crippen molar-refractivity contribution in [2.45, 2.75) is 25.2 Å². The zero-order valence-corrected chi connectivity index (χ0v) is 9.96. The van der Waals surface area contributed by atoms with Crippen LogP contribution >= 0.6 is 0 Å². The predicted octanol–water partition coefficient (Wildman–Crippen LogP) is 1.54. The molecule has 1 aromatic rings. The fraction of sp³-hybridized carbons (Fsp3) is 0.500. The normalized spacial score (nSPS) is 15.4. The molecule has 0 saturated carbocycles. The molecule has 1 aromatic carbocycles. The lowest BCUT2D eigenvalue weighted by Crippen LogP contribution is -2.40. The Morgan fingerprint density at radius 2 is 1.72 bits per heavy atom. The number of nitrogens with one attached hydrogen (secondary N) is 1. The summed E-state index contributed by atoms with van der Waals surface area (Å²) in [5.74, 6) is 0. The Morgan fingerprint density at radius 1 is 1.17 bits per heavy atom. The summed E-state index contributed by atoms with van der Waals surface area (Å²) in [6.45, 7) is 1.57. The highest BCUT2D eigenvalue weighted by Crippen LogP contribution is 2.28. The largest absolute Gasteiger partial charge is 0.416 e. The van der Waals surface area contributed by atoms with Gasteiger partial charge in [-0.3, -0.25) is 0 Å². The highest BCUT2D eigenvalue weighted by molar-refractivity contribution is 5.24. The van der Waals surface area contributed by atoms with Crippen molar-refractivity contribution in [1.29, 1.82) is 0 Å². The van der Waals surface area contributed by atoms with E-state index in [4.69, 9.17) is 5.11 Å². The van der Waals surface area contributed by atoms with Crippen LogP contribution in [-0.2, 0) is 12.7 Å². The van der Waals surface area contributed by atoms with Gasteiger partial charge in [0.25, 0.3) is 0 Å². The molecule has 6 heteroatoms. The van der Waals surface area contributed by atoms with E-state index in [1.165, 1.54) is 19.1 Å². The molecule has 0 heterocycles. The molecule has 0 saturated heterocycles. The first-order chi connectivity index (χ1) is 8.24. The summed E-state index contributed by atoms with van der Waals surface area (Å²) in [6, 6.07) is 4.79. The molecule has 0 fully saturated rings. The van der Waals surface area contributed by atoms with E-state index in [2.05, 4.69) is 5.32 Å². The first kappa shape index (κ1) is 14.9. The molecule has 0 aliphatic heterocycles. The van der Waals surface area contributed by atoms with Gasteiger partial charge in [0.05, 0.1) is 17.8 Å². The third kappa shape index (κ3) is 4.64. The van der Waals surface area contributed by atoms with Gasteiger partial charge in [0.2, 0.25) is 0 Å². The van der Waals surface area contributed by atoms with Crippen LogP contribution in [-0.4, -0.2) is 29.0 Å². The molecule has 1 unspecified atom stereocenters. The number of hydrogen-bond donors (Lipinski definition) is 3. The van der Waals surface area contributed by atoms with Gasteiger partial charge in [0.1, 0.15) is 0 Å². The Hall–Kier alpha value is -1.11. The topological polar surface area (TPSA) is 52.5 Å². The fourth-order valence-electron chi connectivity index (χ4n) is 1.34. The Kier molecular flexibility index (Phi) is 4.72. The lowest BCUT2D eigenvalue weighted by atomic mass is 10.1. The molecule has 0 aliphatic carbocycles. The molecule has 0 radical (unpaired) electrons. The summed E-state index contributed by atoms with van der Waals surface area (Å²) in [6.07, 6.45) is -4.33. The number of hydrogen-bond acceptors (Lipinski definition) is 3. The number of halogens is 3. The lowest BCUT2D eigenvalue weighted by Gasteiger charge is -2.20. The van der Waals surface area contributed by atoms with Gasteiger partial charge in [-0.1, -0.05) is 12.1 Å². The van der Waals surface area contributed by atoms with E-state index in [1.807, 2.05) is 0 Å². The van der Waals surface area contributed by atoms with Crippen LogP contribution in [0.5, 0.6) is 0 Å². The van der Waals surface area contributed by atoms with Crippen molar-refractivity contribution >= 4 is 0 Å². The first-order valence-corrected chi connectivity index (χ1v) is 5.45. The van der Waals surface area contributed by atoms with E-state index in [-0.39, 0.29) is 13.2 Å². The van der Waals surface area contributed by atoms with E-state index in [0.29, 0.717) is 12.1 Å². The minimum absolute atomic E-state index is 0.157. The average Bonchev–Trinajstić information content (AvgIpc) is 2.28. The summed E-state index contributed by atoms with van der Waals surface area (Å²) in [4.78, 5) is 0. The minimum Gasteiger partial charge on any atom is -0.393 e. The van der Waals surface area contributed by atoms with Gasteiger partial charge >= 0.3 is 6.18 Å². The number of aliphatic hydroxyl groups is 2. The van der Waals surface area contributed by atoms with Gasteiger partial charge in [0.15, 0.2) is 0 Å². The van der Waals surface area contributed by atoms with E-state index in [1.54, 1.807) is 0 Å². The van der Waals surface area contributed by atoms with Gasteiger partial charge in [-0.05, 0) is 24.6 Å². The molecule has 0 bridgehead atoms. The summed E-state index contributed by atoms with van der Waals surface area (Å²) in [7, 11) is 0. The van der Waals surface area contributed by atoms with Crippen molar-refractivity contribution in [1.82, 2.24) is 5.32 Å². The zero-order chi connectivity index (χ0) is 13.8. The molecule has 0 spiro atoms. The quantitative estimate of drug-likeness (QED) is 0.755. The predicted molar refractivity (Wildman–Crippen MR) is 60.9 cm³/mol. The number of benzene rings is 1. The molecule has 18 heavy (non-hydrogen) atoms. The molecule has 0 aromatic heterocycles. The summed E-state index contributed by atoms with van der Waals surface area (Å²) in [5.41, 5.74) is -1.24. The Balaban J connectivity index is 2.50.